The molecule has 5 nitrogen and oxygen atoms in total. The fraction of sp³-hybridized carbons (Fsp3) is 0. The topological polar surface area (TPSA) is 94.5 Å². The summed E-state index contributed by atoms with van der Waals surface area (Å²) >= 11 is -2.30. The summed E-state index contributed by atoms with van der Waals surface area (Å²) in [5.41, 5.74) is 0. The Hall–Kier alpha value is -2.32. The number of hydrogen-bond acceptors (Lipinski definition) is 4. The molecule has 25 heavy (non-hydrogen) atoms. The molecule has 1 N–H and O–H groups in total. The van der Waals surface area contributed by atoms with Gasteiger partial charge in [0, 0.05) is 4.90 Å². The normalized spacial score (nSPS) is 13.5. The Morgan fingerprint density at radius 1 is 0.720 bits per heavy atom. The van der Waals surface area contributed by atoms with Crippen LogP contribution >= 0.6 is 0 Å². The molecule has 1 atom stereocenters. The molecule has 0 spiro atoms. The van der Waals surface area contributed by atoms with Crippen LogP contribution in [0.5, 0.6) is 0 Å². The first-order valence-corrected chi connectivity index (χ1v) is 9.81. The van der Waals surface area contributed by atoms with E-state index in [-0.39, 0.29) is 9.79 Å². The molecule has 0 aliphatic rings. The zero-order valence-electron chi connectivity index (χ0n) is 12.7. The van der Waals surface area contributed by atoms with Gasteiger partial charge in [-0.3, -0.25) is 8.76 Å². The van der Waals surface area contributed by atoms with Crippen LogP contribution in [-0.2, 0) is 21.2 Å². The van der Waals surface area contributed by atoms with Crippen LogP contribution in [0.15, 0.2) is 70.5 Å². The third-order valence-electron chi connectivity index (χ3n) is 4.18. The minimum atomic E-state index is -4.27. The van der Waals surface area contributed by atoms with E-state index in [2.05, 4.69) is 0 Å². The van der Waals surface area contributed by atoms with Crippen LogP contribution in [0.25, 0.3) is 32.3 Å². The molecule has 0 saturated carbocycles. The van der Waals surface area contributed by atoms with E-state index in [1.807, 2.05) is 24.3 Å². The van der Waals surface area contributed by atoms with Crippen LogP contribution in [0.3, 0.4) is 0 Å². The Balaban J connectivity index is 2.01. The lowest BCUT2D eigenvalue weighted by atomic mass is 10.00. The monoisotopic (exact) mass is 371 g/mol. The van der Waals surface area contributed by atoms with Gasteiger partial charge in [0.15, 0.2) is 0 Å². The van der Waals surface area contributed by atoms with Gasteiger partial charge in [-0.25, -0.2) is 0 Å². The maximum atomic E-state index is 11.3. The van der Waals surface area contributed by atoms with Gasteiger partial charge in [0.25, 0.3) is 10.1 Å². The van der Waals surface area contributed by atoms with Crippen LogP contribution in [-0.4, -0.2) is 21.7 Å². The Morgan fingerprint density at radius 2 is 1.20 bits per heavy atom. The van der Waals surface area contributed by atoms with E-state index in [9.17, 15) is 21.7 Å². The van der Waals surface area contributed by atoms with E-state index in [1.54, 1.807) is 24.3 Å². The summed E-state index contributed by atoms with van der Waals surface area (Å²) in [4.78, 5) is 0.0467. The van der Waals surface area contributed by atoms with Gasteiger partial charge in [0.1, 0.15) is 0 Å². The SMILES string of the molecule is O=S([O-])c1ccc2cc3cc4ccc(S(=O)(=O)O)cc4cc3cc2c1. The third kappa shape index (κ3) is 2.91. The van der Waals surface area contributed by atoms with Crippen molar-refractivity contribution < 1.29 is 21.7 Å². The van der Waals surface area contributed by atoms with E-state index in [1.165, 1.54) is 12.1 Å². The molecular weight excluding hydrogens is 360 g/mol. The highest BCUT2D eigenvalue weighted by molar-refractivity contribution is 7.85. The van der Waals surface area contributed by atoms with Crippen LogP contribution in [0.4, 0.5) is 0 Å². The molecule has 4 aromatic rings. The molecule has 0 saturated heterocycles. The van der Waals surface area contributed by atoms with Gasteiger partial charge < -0.3 is 4.55 Å². The number of fused-ring (bicyclic) bond motifs is 3. The summed E-state index contributed by atoms with van der Waals surface area (Å²) in [7, 11) is -4.27. The second-order valence-corrected chi connectivity index (χ2v) is 8.14. The first-order valence-electron chi connectivity index (χ1n) is 7.29. The van der Waals surface area contributed by atoms with Crippen molar-refractivity contribution in [2.45, 2.75) is 9.79 Å². The smallest absolute Gasteiger partial charge is 0.294 e. The molecule has 0 aromatic heterocycles. The molecule has 0 aliphatic carbocycles. The molecule has 0 fully saturated rings. The largest absolute Gasteiger partial charge is 0.768 e. The Labute approximate surface area is 145 Å². The van der Waals surface area contributed by atoms with E-state index in [0.29, 0.717) is 5.39 Å². The minimum absolute atomic E-state index is 0.163. The van der Waals surface area contributed by atoms with Crippen molar-refractivity contribution in [2.75, 3.05) is 0 Å². The Bertz CT molecular complexity index is 1290. The molecule has 4 aromatic carbocycles. The number of hydrogen-bond donors (Lipinski definition) is 1. The fourth-order valence-corrected chi connectivity index (χ4v) is 3.89. The van der Waals surface area contributed by atoms with Crippen molar-refractivity contribution in [2.24, 2.45) is 0 Å². The van der Waals surface area contributed by atoms with Crippen LogP contribution < -0.4 is 0 Å². The first kappa shape index (κ1) is 16.2. The summed E-state index contributed by atoms with van der Waals surface area (Å²) in [6.07, 6.45) is 0. The molecule has 7 heteroatoms. The lowest BCUT2D eigenvalue weighted by Gasteiger charge is -2.09. The summed E-state index contributed by atoms with van der Waals surface area (Å²) in [5, 5.41) is 5.01. The summed E-state index contributed by atoms with van der Waals surface area (Å²) in [6.45, 7) is 0. The van der Waals surface area contributed by atoms with Crippen molar-refractivity contribution in [3.63, 3.8) is 0 Å². The second kappa shape index (κ2) is 5.60. The van der Waals surface area contributed by atoms with Gasteiger partial charge in [-0.2, -0.15) is 8.42 Å². The quantitative estimate of drug-likeness (QED) is 0.330. The maximum Gasteiger partial charge on any atom is 0.294 e. The third-order valence-corrected chi connectivity index (χ3v) is 5.67. The molecule has 0 aliphatic heterocycles. The lowest BCUT2D eigenvalue weighted by Crippen LogP contribution is -1.97. The van der Waals surface area contributed by atoms with E-state index in [0.717, 1.165) is 26.9 Å². The molecule has 0 amide bonds. The predicted molar refractivity (Wildman–Crippen MR) is 96.0 cm³/mol. The van der Waals surface area contributed by atoms with E-state index >= 15 is 0 Å². The van der Waals surface area contributed by atoms with Gasteiger partial charge >= 0.3 is 0 Å². The van der Waals surface area contributed by atoms with Crippen LogP contribution in [0.2, 0.25) is 0 Å². The average Bonchev–Trinajstić information content (AvgIpc) is 2.56. The first-order chi connectivity index (χ1) is 11.8. The van der Waals surface area contributed by atoms with Gasteiger partial charge in [-0.1, -0.05) is 12.1 Å². The molecule has 4 rings (SSSR count). The Morgan fingerprint density at radius 3 is 1.76 bits per heavy atom. The van der Waals surface area contributed by atoms with Gasteiger partial charge in [0.2, 0.25) is 0 Å². The summed E-state index contributed by atoms with van der Waals surface area (Å²) in [6, 6.07) is 16.9. The minimum Gasteiger partial charge on any atom is -0.768 e. The summed E-state index contributed by atoms with van der Waals surface area (Å²) < 4.78 is 54.1. The van der Waals surface area contributed by atoms with Gasteiger partial charge in [0.05, 0.1) is 4.90 Å². The standard InChI is InChI=1S/C18H12O5S2/c19-24(20)17-3-1-11-5-13-6-12-2-4-18(25(21,22)23)10-16(12)8-14(13)7-15(11)9-17/h1-10H,(H,19,20)(H,21,22,23)/p-1. The highest BCUT2D eigenvalue weighted by Crippen LogP contribution is 2.29. The molecule has 0 bridgehead atoms. The zero-order chi connectivity index (χ0) is 17.8. The lowest BCUT2D eigenvalue weighted by molar-refractivity contribution is 0.483. The van der Waals surface area contributed by atoms with Crippen LogP contribution in [0, 0.1) is 0 Å². The van der Waals surface area contributed by atoms with Crippen LogP contribution in [0.1, 0.15) is 0 Å². The highest BCUT2D eigenvalue weighted by Gasteiger charge is 2.10. The number of benzene rings is 4. The van der Waals surface area contributed by atoms with Crippen molar-refractivity contribution >= 4 is 53.5 Å². The Kier molecular flexibility index (Phi) is 3.62. The summed E-state index contributed by atoms with van der Waals surface area (Å²) in [5.74, 6) is 0. The molecule has 1 unspecified atom stereocenters. The van der Waals surface area contributed by atoms with Crippen molar-refractivity contribution in [3.05, 3.63) is 60.7 Å². The average molecular weight is 371 g/mol. The fourth-order valence-electron chi connectivity index (χ4n) is 2.97. The highest BCUT2D eigenvalue weighted by atomic mass is 32.2. The second-order valence-electron chi connectivity index (χ2n) is 5.78. The molecule has 0 radical (unpaired) electrons. The predicted octanol–water partition coefficient (Wildman–Crippen LogP) is 3.63. The van der Waals surface area contributed by atoms with Gasteiger partial charge in [-0.05, 0) is 91.9 Å². The zero-order valence-corrected chi connectivity index (χ0v) is 14.3. The van der Waals surface area contributed by atoms with Crippen molar-refractivity contribution in [1.82, 2.24) is 0 Å². The van der Waals surface area contributed by atoms with E-state index < -0.39 is 21.2 Å². The molecule has 0 heterocycles. The van der Waals surface area contributed by atoms with E-state index in [4.69, 9.17) is 0 Å². The van der Waals surface area contributed by atoms with Crippen molar-refractivity contribution in [1.29, 1.82) is 0 Å². The van der Waals surface area contributed by atoms with Crippen molar-refractivity contribution in [3.8, 4) is 0 Å². The maximum absolute atomic E-state index is 11.3. The molecule has 126 valence electrons. The molecular formula is C18H11O5S2-. The number of rotatable bonds is 2. The van der Waals surface area contributed by atoms with Gasteiger partial charge in [-0.15, -0.1) is 0 Å².